The lowest BCUT2D eigenvalue weighted by atomic mass is 10.0. The number of rotatable bonds is 1. The minimum Gasteiger partial charge on any atom is -0.198 e. The molecule has 0 bridgehead atoms. The molecule has 0 amide bonds. The highest BCUT2D eigenvalue weighted by Crippen LogP contribution is 2.38. The van der Waals surface area contributed by atoms with Crippen LogP contribution in [-0.4, -0.2) is 0 Å². The summed E-state index contributed by atoms with van der Waals surface area (Å²) < 4.78 is 37.6. The van der Waals surface area contributed by atoms with Crippen molar-refractivity contribution in [3.05, 3.63) is 33.3 Å². The van der Waals surface area contributed by atoms with Gasteiger partial charge in [-0.15, -0.1) is 0 Å². The maximum absolute atomic E-state index is 12.5. The highest BCUT2D eigenvalue weighted by molar-refractivity contribution is 6.35. The van der Waals surface area contributed by atoms with Gasteiger partial charge in [-0.2, -0.15) is 18.4 Å². The van der Waals surface area contributed by atoms with Crippen molar-refractivity contribution >= 4 is 23.2 Å². The molecule has 1 aromatic carbocycles. The number of alkyl halides is 3. The van der Waals surface area contributed by atoms with Crippen LogP contribution < -0.4 is 0 Å². The Hall–Kier alpha value is -0.920. The number of nitriles is 1. The van der Waals surface area contributed by atoms with E-state index in [4.69, 9.17) is 28.5 Å². The second-order valence-electron chi connectivity index (χ2n) is 2.75. The second kappa shape index (κ2) is 4.30. The molecule has 0 spiro atoms. The Balaban J connectivity index is 3.42. The van der Waals surface area contributed by atoms with E-state index in [1.165, 1.54) is 0 Å². The minimum absolute atomic E-state index is 0.0817. The van der Waals surface area contributed by atoms with Crippen molar-refractivity contribution in [3.8, 4) is 6.07 Å². The molecule has 6 heteroatoms. The zero-order valence-corrected chi connectivity index (χ0v) is 8.71. The van der Waals surface area contributed by atoms with Crippen LogP contribution in [0, 0.1) is 11.3 Å². The summed E-state index contributed by atoms with van der Waals surface area (Å²) in [5.41, 5.74) is -1.20. The smallest absolute Gasteiger partial charge is 0.198 e. The maximum atomic E-state index is 12.5. The van der Waals surface area contributed by atoms with Gasteiger partial charge in [0, 0.05) is 5.02 Å². The SMILES string of the molecule is N#CCc1cc(Cl)cc(Cl)c1C(F)(F)F. The highest BCUT2D eigenvalue weighted by atomic mass is 35.5. The number of hydrogen-bond donors (Lipinski definition) is 0. The van der Waals surface area contributed by atoms with E-state index in [0.717, 1.165) is 12.1 Å². The van der Waals surface area contributed by atoms with Gasteiger partial charge in [-0.25, -0.2) is 0 Å². The van der Waals surface area contributed by atoms with E-state index >= 15 is 0 Å². The van der Waals surface area contributed by atoms with Crippen molar-refractivity contribution in [1.29, 1.82) is 5.26 Å². The van der Waals surface area contributed by atoms with E-state index in [2.05, 4.69) is 0 Å². The van der Waals surface area contributed by atoms with Crippen LogP contribution in [-0.2, 0) is 12.6 Å². The molecule has 1 nitrogen and oxygen atoms in total. The van der Waals surface area contributed by atoms with Crippen LogP contribution in [0.15, 0.2) is 12.1 Å². The first-order chi connectivity index (χ1) is 6.86. The summed E-state index contributed by atoms with van der Waals surface area (Å²) in [6.45, 7) is 0. The Morgan fingerprint density at radius 3 is 2.33 bits per heavy atom. The summed E-state index contributed by atoms with van der Waals surface area (Å²) in [6, 6.07) is 3.74. The van der Waals surface area contributed by atoms with Gasteiger partial charge in [0.15, 0.2) is 0 Å². The van der Waals surface area contributed by atoms with Crippen LogP contribution in [0.2, 0.25) is 10.0 Å². The Kier molecular flexibility index (Phi) is 3.48. The van der Waals surface area contributed by atoms with Crippen LogP contribution >= 0.6 is 23.2 Å². The third kappa shape index (κ3) is 2.77. The Labute approximate surface area is 94.0 Å². The van der Waals surface area contributed by atoms with Gasteiger partial charge >= 0.3 is 6.18 Å². The van der Waals surface area contributed by atoms with Gasteiger partial charge in [0.25, 0.3) is 0 Å². The molecule has 1 aromatic rings. The average molecular weight is 254 g/mol. The largest absolute Gasteiger partial charge is 0.418 e. The lowest BCUT2D eigenvalue weighted by molar-refractivity contribution is -0.138. The lowest BCUT2D eigenvalue weighted by Crippen LogP contribution is -2.10. The molecule has 0 saturated heterocycles. The Morgan fingerprint density at radius 1 is 1.27 bits per heavy atom. The van der Waals surface area contributed by atoms with Gasteiger partial charge < -0.3 is 0 Å². The van der Waals surface area contributed by atoms with E-state index in [9.17, 15) is 13.2 Å². The van der Waals surface area contributed by atoms with Crippen molar-refractivity contribution in [2.75, 3.05) is 0 Å². The second-order valence-corrected chi connectivity index (χ2v) is 3.60. The molecule has 0 aliphatic rings. The van der Waals surface area contributed by atoms with Crippen molar-refractivity contribution in [2.45, 2.75) is 12.6 Å². The molecule has 0 atom stereocenters. The van der Waals surface area contributed by atoms with E-state index in [1.54, 1.807) is 6.07 Å². The molecule has 15 heavy (non-hydrogen) atoms. The van der Waals surface area contributed by atoms with Crippen LogP contribution in [0.5, 0.6) is 0 Å². The number of hydrogen-bond acceptors (Lipinski definition) is 1. The molecule has 0 radical (unpaired) electrons. The maximum Gasteiger partial charge on any atom is 0.418 e. The zero-order chi connectivity index (χ0) is 11.6. The Morgan fingerprint density at radius 2 is 1.87 bits per heavy atom. The summed E-state index contributed by atoms with van der Waals surface area (Å²) in [5.74, 6) is 0. The predicted octanol–water partition coefficient (Wildman–Crippen LogP) is 4.08. The van der Waals surface area contributed by atoms with Crippen molar-refractivity contribution in [3.63, 3.8) is 0 Å². The molecule has 0 fully saturated rings. The molecule has 0 heterocycles. The highest BCUT2D eigenvalue weighted by Gasteiger charge is 2.36. The molecule has 1 rings (SSSR count). The first-order valence-electron chi connectivity index (χ1n) is 3.78. The summed E-state index contributed by atoms with van der Waals surface area (Å²) in [6.07, 6.45) is -4.96. The Bertz CT molecular complexity index is 421. The quantitative estimate of drug-likeness (QED) is 0.740. The third-order valence-electron chi connectivity index (χ3n) is 1.69. The summed E-state index contributed by atoms with van der Waals surface area (Å²) >= 11 is 11.0. The van der Waals surface area contributed by atoms with Crippen LogP contribution in [0.4, 0.5) is 13.2 Å². The van der Waals surface area contributed by atoms with Gasteiger partial charge in [0.2, 0.25) is 0 Å². The predicted molar refractivity (Wildman–Crippen MR) is 50.8 cm³/mol. The molecule has 0 unspecified atom stereocenters. The van der Waals surface area contributed by atoms with E-state index < -0.39 is 16.8 Å². The molecule has 0 saturated carbocycles. The van der Waals surface area contributed by atoms with Crippen molar-refractivity contribution in [2.24, 2.45) is 0 Å². The fourth-order valence-corrected chi connectivity index (χ4v) is 1.81. The zero-order valence-electron chi connectivity index (χ0n) is 7.20. The van der Waals surface area contributed by atoms with Crippen molar-refractivity contribution in [1.82, 2.24) is 0 Å². The topological polar surface area (TPSA) is 23.8 Å². The fourth-order valence-electron chi connectivity index (χ4n) is 1.17. The normalized spacial score (nSPS) is 11.2. The van der Waals surface area contributed by atoms with Gasteiger partial charge in [-0.05, 0) is 17.7 Å². The fraction of sp³-hybridized carbons (Fsp3) is 0.222. The standard InChI is InChI=1S/C9H4Cl2F3N/c10-6-3-5(1-2-15)8(7(11)4-6)9(12,13)14/h3-4H,1H2. The van der Waals surface area contributed by atoms with Gasteiger partial charge in [-0.3, -0.25) is 0 Å². The summed E-state index contributed by atoms with van der Waals surface area (Å²) in [7, 11) is 0. The molecular formula is C9H4Cl2F3N. The molecule has 0 aromatic heterocycles. The molecule has 0 N–H and O–H groups in total. The third-order valence-corrected chi connectivity index (χ3v) is 2.21. The van der Waals surface area contributed by atoms with E-state index in [0.29, 0.717) is 0 Å². The van der Waals surface area contributed by atoms with Gasteiger partial charge in [0.1, 0.15) is 0 Å². The number of benzene rings is 1. The van der Waals surface area contributed by atoms with Crippen LogP contribution in [0.3, 0.4) is 0 Å². The first-order valence-corrected chi connectivity index (χ1v) is 4.54. The number of nitrogens with zero attached hydrogens (tertiary/aromatic N) is 1. The summed E-state index contributed by atoms with van der Waals surface area (Å²) in [5, 5.41) is 7.98. The van der Waals surface area contributed by atoms with Gasteiger partial charge in [-0.1, -0.05) is 23.2 Å². The molecule has 0 aliphatic heterocycles. The molecule has 80 valence electrons. The first kappa shape index (κ1) is 12.2. The number of halogens is 5. The summed E-state index contributed by atoms with van der Waals surface area (Å²) in [4.78, 5) is 0. The lowest BCUT2D eigenvalue weighted by Gasteiger charge is -2.13. The molecule has 0 aliphatic carbocycles. The van der Waals surface area contributed by atoms with E-state index in [-0.39, 0.29) is 17.0 Å². The van der Waals surface area contributed by atoms with Crippen LogP contribution in [0.25, 0.3) is 0 Å². The van der Waals surface area contributed by atoms with Crippen LogP contribution in [0.1, 0.15) is 11.1 Å². The monoisotopic (exact) mass is 253 g/mol. The molecular weight excluding hydrogens is 250 g/mol. The van der Waals surface area contributed by atoms with E-state index in [1.807, 2.05) is 0 Å². The van der Waals surface area contributed by atoms with Gasteiger partial charge in [0.05, 0.1) is 23.1 Å². The average Bonchev–Trinajstić information content (AvgIpc) is 1.99. The van der Waals surface area contributed by atoms with Crippen molar-refractivity contribution < 1.29 is 13.2 Å². The minimum atomic E-state index is -4.58.